The summed E-state index contributed by atoms with van der Waals surface area (Å²) in [6.07, 6.45) is 0.420. The summed E-state index contributed by atoms with van der Waals surface area (Å²) < 4.78 is 13.2. The number of benzene rings is 2. The number of amides is 1. The van der Waals surface area contributed by atoms with Gasteiger partial charge in [-0.1, -0.05) is 45.7 Å². The number of nitrogens with zero attached hydrogens (tertiary/aromatic N) is 1. The summed E-state index contributed by atoms with van der Waals surface area (Å²) in [5.41, 5.74) is 3.84. The van der Waals surface area contributed by atoms with Crippen molar-refractivity contribution >= 4 is 39.1 Å². The minimum absolute atomic E-state index is 0.0955. The lowest BCUT2D eigenvalue weighted by Gasteiger charge is -2.14. The van der Waals surface area contributed by atoms with E-state index >= 15 is 0 Å². The molecule has 0 spiro atoms. The van der Waals surface area contributed by atoms with Crippen LogP contribution in [0, 0.1) is 5.82 Å². The summed E-state index contributed by atoms with van der Waals surface area (Å²) in [6, 6.07) is 10.6. The second-order valence-electron chi connectivity index (χ2n) is 5.05. The molecule has 3 rings (SSSR count). The van der Waals surface area contributed by atoms with Crippen LogP contribution in [0.5, 0.6) is 0 Å². The van der Waals surface area contributed by atoms with E-state index in [0.717, 1.165) is 22.4 Å². The van der Waals surface area contributed by atoms with E-state index in [9.17, 15) is 9.18 Å². The summed E-state index contributed by atoms with van der Waals surface area (Å²) in [7, 11) is 1.78. The fourth-order valence-corrected chi connectivity index (χ4v) is 3.27. The van der Waals surface area contributed by atoms with Gasteiger partial charge < -0.3 is 4.90 Å². The van der Waals surface area contributed by atoms with Gasteiger partial charge in [0.1, 0.15) is 5.82 Å². The number of halogens is 3. The Labute approximate surface area is 135 Å². The zero-order valence-corrected chi connectivity index (χ0v) is 13.6. The smallest absolute Gasteiger partial charge is 0.231 e. The number of likely N-dealkylation sites (N-methyl/N-ethyl adjacent to an activating group) is 1. The van der Waals surface area contributed by atoms with Gasteiger partial charge in [0, 0.05) is 12.7 Å². The Bertz CT molecular complexity index is 734. The van der Waals surface area contributed by atoms with E-state index in [2.05, 4.69) is 15.9 Å². The third-order valence-corrected chi connectivity index (χ3v) is 5.06. The molecule has 0 aromatic heterocycles. The van der Waals surface area contributed by atoms with Crippen LogP contribution in [0.15, 0.2) is 36.4 Å². The van der Waals surface area contributed by atoms with Crippen molar-refractivity contribution in [3.05, 3.63) is 63.9 Å². The first kappa shape index (κ1) is 14.5. The van der Waals surface area contributed by atoms with E-state index in [0.29, 0.717) is 6.42 Å². The van der Waals surface area contributed by atoms with Crippen LogP contribution in [-0.2, 0) is 11.2 Å². The van der Waals surface area contributed by atoms with E-state index in [1.165, 1.54) is 6.07 Å². The topological polar surface area (TPSA) is 20.3 Å². The molecule has 5 heteroatoms. The van der Waals surface area contributed by atoms with Gasteiger partial charge >= 0.3 is 0 Å². The molecule has 0 saturated heterocycles. The molecule has 0 saturated carbocycles. The van der Waals surface area contributed by atoms with E-state index in [1.54, 1.807) is 24.1 Å². The van der Waals surface area contributed by atoms with Gasteiger partial charge in [-0.15, -0.1) is 0 Å². The molecule has 1 amide bonds. The fourth-order valence-electron chi connectivity index (χ4n) is 2.51. The van der Waals surface area contributed by atoms with Gasteiger partial charge in [0.05, 0.1) is 16.3 Å². The predicted molar refractivity (Wildman–Crippen MR) is 85.7 cm³/mol. The van der Waals surface area contributed by atoms with E-state index in [4.69, 9.17) is 11.6 Å². The normalized spacial score (nSPS) is 15.2. The maximum absolute atomic E-state index is 13.2. The van der Waals surface area contributed by atoms with Gasteiger partial charge in [0.25, 0.3) is 0 Å². The molecule has 0 radical (unpaired) electrons. The molecule has 1 atom stereocenters. The molecule has 21 heavy (non-hydrogen) atoms. The number of fused-ring (bicyclic) bond motifs is 1. The van der Waals surface area contributed by atoms with Gasteiger partial charge in [0.2, 0.25) is 5.91 Å². The van der Waals surface area contributed by atoms with Crippen molar-refractivity contribution in [3.8, 4) is 0 Å². The zero-order valence-electron chi connectivity index (χ0n) is 11.2. The minimum Gasteiger partial charge on any atom is -0.315 e. The van der Waals surface area contributed by atoms with E-state index in [-0.39, 0.29) is 15.8 Å². The summed E-state index contributed by atoms with van der Waals surface area (Å²) in [6.45, 7) is 0. The Hall–Kier alpha value is -1.39. The third-order valence-electron chi connectivity index (χ3n) is 3.71. The fraction of sp³-hybridized carbons (Fsp3) is 0.188. The molecule has 0 N–H and O–H groups in total. The highest BCUT2D eigenvalue weighted by molar-refractivity contribution is 9.09. The highest BCUT2D eigenvalue weighted by atomic mass is 79.9. The number of alkyl halides is 1. The van der Waals surface area contributed by atoms with Crippen molar-refractivity contribution in [1.82, 2.24) is 0 Å². The van der Waals surface area contributed by atoms with Crippen molar-refractivity contribution in [3.63, 3.8) is 0 Å². The highest BCUT2D eigenvalue weighted by Gasteiger charge is 2.25. The van der Waals surface area contributed by atoms with Crippen LogP contribution in [0.2, 0.25) is 5.02 Å². The molecule has 1 aliphatic heterocycles. The Kier molecular flexibility index (Phi) is 3.76. The van der Waals surface area contributed by atoms with Crippen molar-refractivity contribution < 1.29 is 9.18 Å². The number of hydrogen-bond acceptors (Lipinski definition) is 1. The predicted octanol–water partition coefficient (Wildman–Crippen LogP) is 4.48. The zero-order chi connectivity index (χ0) is 15.1. The van der Waals surface area contributed by atoms with E-state index < -0.39 is 5.82 Å². The third kappa shape index (κ3) is 2.58. The number of hydrogen-bond donors (Lipinski definition) is 0. The molecule has 2 aromatic carbocycles. The van der Waals surface area contributed by atoms with Crippen LogP contribution in [0.1, 0.15) is 21.5 Å². The summed E-state index contributed by atoms with van der Waals surface area (Å²) in [4.78, 5) is 13.3. The lowest BCUT2D eigenvalue weighted by atomic mass is 10.0. The quantitative estimate of drug-likeness (QED) is 0.716. The first-order valence-corrected chi connectivity index (χ1v) is 7.75. The van der Waals surface area contributed by atoms with Gasteiger partial charge in [-0.05, 0) is 34.9 Å². The van der Waals surface area contributed by atoms with Crippen LogP contribution >= 0.6 is 27.5 Å². The molecule has 1 aliphatic rings. The van der Waals surface area contributed by atoms with Crippen LogP contribution in [-0.4, -0.2) is 13.0 Å². The monoisotopic (exact) mass is 367 g/mol. The van der Waals surface area contributed by atoms with Crippen molar-refractivity contribution in [1.29, 1.82) is 0 Å². The summed E-state index contributed by atoms with van der Waals surface area (Å²) in [5.74, 6) is -0.334. The maximum atomic E-state index is 13.2. The van der Waals surface area contributed by atoms with Gasteiger partial charge in [0.15, 0.2) is 0 Å². The molecule has 0 bridgehead atoms. The Morgan fingerprint density at radius 2 is 1.90 bits per heavy atom. The van der Waals surface area contributed by atoms with Gasteiger partial charge in [-0.2, -0.15) is 0 Å². The first-order valence-electron chi connectivity index (χ1n) is 6.46. The molecule has 1 unspecified atom stereocenters. The standard InChI is InChI=1S/C16H12BrClFNO/c1-20-14-5-3-9(6-11(14)8-15(20)21)16(17)10-2-4-13(19)12(18)7-10/h2-7,16H,8H2,1H3. The number of anilines is 1. The summed E-state index contributed by atoms with van der Waals surface area (Å²) in [5, 5.41) is 0.105. The largest absolute Gasteiger partial charge is 0.315 e. The highest BCUT2D eigenvalue weighted by Crippen LogP contribution is 2.36. The van der Waals surface area contributed by atoms with Crippen LogP contribution in [0.25, 0.3) is 0 Å². The molecular formula is C16H12BrClFNO. The SMILES string of the molecule is CN1C(=O)Cc2cc(C(Br)c3ccc(F)c(Cl)c3)ccc21. The van der Waals surface area contributed by atoms with Gasteiger partial charge in [-0.3, -0.25) is 4.79 Å². The van der Waals surface area contributed by atoms with Crippen molar-refractivity contribution in [2.24, 2.45) is 0 Å². The van der Waals surface area contributed by atoms with Gasteiger partial charge in [-0.25, -0.2) is 4.39 Å². The molecule has 108 valence electrons. The first-order chi connectivity index (χ1) is 9.97. The molecular weight excluding hydrogens is 357 g/mol. The average molecular weight is 369 g/mol. The van der Waals surface area contributed by atoms with Crippen LogP contribution < -0.4 is 4.90 Å². The lowest BCUT2D eigenvalue weighted by molar-refractivity contribution is -0.117. The molecule has 0 aliphatic carbocycles. The van der Waals surface area contributed by atoms with Crippen LogP contribution in [0.3, 0.4) is 0 Å². The number of carbonyl (C=O) groups excluding carboxylic acids is 1. The second kappa shape index (κ2) is 5.43. The second-order valence-corrected chi connectivity index (χ2v) is 6.38. The molecule has 0 fully saturated rings. The number of carbonyl (C=O) groups is 1. The molecule has 2 nitrogen and oxygen atoms in total. The van der Waals surface area contributed by atoms with E-state index in [1.807, 2.05) is 18.2 Å². The summed E-state index contributed by atoms with van der Waals surface area (Å²) >= 11 is 9.44. The number of rotatable bonds is 2. The maximum Gasteiger partial charge on any atom is 0.231 e. The molecule has 1 heterocycles. The Morgan fingerprint density at radius 3 is 2.62 bits per heavy atom. The molecule has 2 aromatic rings. The Balaban J connectivity index is 1.96. The van der Waals surface area contributed by atoms with Crippen molar-refractivity contribution in [2.75, 3.05) is 11.9 Å². The lowest BCUT2D eigenvalue weighted by Crippen LogP contribution is -2.20. The van der Waals surface area contributed by atoms with Crippen molar-refractivity contribution in [2.45, 2.75) is 11.2 Å². The van der Waals surface area contributed by atoms with Crippen LogP contribution in [0.4, 0.5) is 10.1 Å². The Morgan fingerprint density at radius 1 is 1.24 bits per heavy atom. The average Bonchev–Trinajstić information content (AvgIpc) is 2.76. The minimum atomic E-state index is -0.429.